The zero-order chi connectivity index (χ0) is 20.9. The van der Waals surface area contributed by atoms with Gasteiger partial charge in [-0.3, -0.25) is 14.5 Å². The van der Waals surface area contributed by atoms with E-state index in [1.807, 2.05) is 12.1 Å². The minimum atomic E-state index is -0.217. The maximum absolute atomic E-state index is 13.7. The molecule has 1 aromatic heterocycles. The topological polar surface area (TPSA) is 57.0 Å². The van der Waals surface area contributed by atoms with Gasteiger partial charge in [-0.25, -0.2) is 0 Å². The van der Waals surface area contributed by atoms with Crippen molar-refractivity contribution in [1.82, 2.24) is 14.7 Å². The highest BCUT2D eigenvalue weighted by molar-refractivity contribution is 5.89. The highest BCUT2D eigenvalue weighted by Crippen LogP contribution is 2.45. The van der Waals surface area contributed by atoms with Gasteiger partial charge < -0.3 is 14.2 Å². The average Bonchev–Trinajstić information content (AvgIpc) is 3.43. The number of piperidine rings is 3. The molecule has 1 aromatic rings. The van der Waals surface area contributed by atoms with Crippen LogP contribution >= 0.6 is 0 Å². The first-order valence-corrected chi connectivity index (χ1v) is 12.2. The molecule has 2 bridgehead atoms. The molecule has 0 spiro atoms. The highest BCUT2D eigenvalue weighted by atomic mass is 16.3. The van der Waals surface area contributed by atoms with Gasteiger partial charge in [-0.2, -0.15) is 0 Å². The molecule has 0 radical (unpaired) electrons. The van der Waals surface area contributed by atoms with E-state index < -0.39 is 0 Å². The normalized spacial score (nSPS) is 35.5. The van der Waals surface area contributed by atoms with E-state index in [0.29, 0.717) is 31.3 Å². The molecular formula is C25H33N3O3. The van der Waals surface area contributed by atoms with Gasteiger partial charge in [0.25, 0.3) is 0 Å². The number of hydrogen-bond acceptors (Lipinski definition) is 4. The molecule has 4 fully saturated rings. The minimum absolute atomic E-state index is 0.0695. The van der Waals surface area contributed by atoms with Crippen molar-refractivity contribution in [3.63, 3.8) is 0 Å². The summed E-state index contributed by atoms with van der Waals surface area (Å²) in [4.78, 5) is 33.0. The summed E-state index contributed by atoms with van der Waals surface area (Å²) < 4.78 is 5.41. The summed E-state index contributed by atoms with van der Waals surface area (Å²) >= 11 is 0. The third-order valence-corrected chi connectivity index (χ3v) is 8.43. The second-order valence-electron chi connectivity index (χ2n) is 10.3. The van der Waals surface area contributed by atoms with Crippen LogP contribution in [0.1, 0.15) is 50.7 Å². The van der Waals surface area contributed by atoms with E-state index in [2.05, 4.69) is 15.9 Å². The van der Waals surface area contributed by atoms with Crippen molar-refractivity contribution in [3.05, 3.63) is 35.8 Å². The van der Waals surface area contributed by atoms with E-state index in [1.165, 1.54) is 37.8 Å². The van der Waals surface area contributed by atoms with Crippen LogP contribution in [-0.2, 0) is 16.1 Å². The van der Waals surface area contributed by atoms with Gasteiger partial charge in [-0.1, -0.05) is 18.1 Å². The van der Waals surface area contributed by atoms with Gasteiger partial charge in [0.1, 0.15) is 5.76 Å². The molecule has 31 heavy (non-hydrogen) atoms. The lowest BCUT2D eigenvalue weighted by molar-refractivity contribution is -0.140. The third kappa shape index (κ3) is 3.43. The van der Waals surface area contributed by atoms with Crippen LogP contribution in [0.3, 0.4) is 0 Å². The molecular weight excluding hydrogens is 390 g/mol. The average molecular weight is 424 g/mol. The number of fused-ring (bicyclic) bond motifs is 6. The summed E-state index contributed by atoms with van der Waals surface area (Å²) in [5.41, 5.74) is 1.52. The van der Waals surface area contributed by atoms with Crippen molar-refractivity contribution in [2.24, 2.45) is 17.8 Å². The maximum atomic E-state index is 13.7. The monoisotopic (exact) mass is 423 g/mol. The zero-order valence-corrected chi connectivity index (χ0v) is 18.2. The van der Waals surface area contributed by atoms with Crippen LogP contribution < -0.4 is 0 Å². The van der Waals surface area contributed by atoms with Crippen LogP contribution in [0.2, 0.25) is 0 Å². The molecule has 166 valence electrons. The Kier molecular flexibility index (Phi) is 4.93. The zero-order valence-electron chi connectivity index (χ0n) is 18.2. The van der Waals surface area contributed by atoms with Gasteiger partial charge in [-0.05, 0) is 62.6 Å². The van der Waals surface area contributed by atoms with E-state index in [1.54, 1.807) is 11.2 Å². The van der Waals surface area contributed by atoms with Crippen molar-refractivity contribution in [1.29, 1.82) is 0 Å². The van der Waals surface area contributed by atoms with Gasteiger partial charge in [0, 0.05) is 32.1 Å². The van der Waals surface area contributed by atoms with E-state index in [0.717, 1.165) is 37.7 Å². The number of carbonyl (C=O) groups excluding carboxylic acids is 2. The largest absolute Gasteiger partial charge is 0.467 e. The summed E-state index contributed by atoms with van der Waals surface area (Å²) in [7, 11) is 0. The summed E-state index contributed by atoms with van der Waals surface area (Å²) in [6.45, 7) is 4.18. The maximum Gasteiger partial charge on any atom is 0.228 e. The van der Waals surface area contributed by atoms with E-state index >= 15 is 0 Å². The molecule has 0 N–H and O–H groups in total. The van der Waals surface area contributed by atoms with E-state index in [4.69, 9.17) is 4.42 Å². The van der Waals surface area contributed by atoms with E-state index in [9.17, 15) is 9.59 Å². The van der Waals surface area contributed by atoms with Crippen molar-refractivity contribution in [2.75, 3.05) is 26.2 Å². The van der Waals surface area contributed by atoms with Crippen molar-refractivity contribution in [2.45, 2.75) is 63.6 Å². The molecule has 5 aliphatic rings. The fourth-order valence-electron chi connectivity index (χ4n) is 7.14. The minimum Gasteiger partial charge on any atom is -0.467 e. The number of hydrogen-bond donors (Lipinski definition) is 0. The van der Waals surface area contributed by atoms with Gasteiger partial charge in [0.2, 0.25) is 11.8 Å². The Morgan fingerprint density at radius 2 is 2.10 bits per heavy atom. The molecule has 0 saturated carbocycles. The molecule has 4 aliphatic heterocycles. The fourth-order valence-corrected chi connectivity index (χ4v) is 7.14. The van der Waals surface area contributed by atoms with Gasteiger partial charge >= 0.3 is 0 Å². The summed E-state index contributed by atoms with van der Waals surface area (Å²) in [6.07, 6.45) is 12.0. The van der Waals surface area contributed by atoms with Crippen LogP contribution in [0.5, 0.6) is 0 Å². The third-order valence-electron chi connectivity index (χ3n) is 8.43. The summed E-state index contributed by atoms with van der Waals surface area (Å²) in [6, 6.07) is 4.72. The molecule has 6 heteroatoms. The Hall–Kier alpha value is -2.08. The van der Waals surface area contributed by atoms with Crippen molar-refractivity contribution < 1.29 is 14.0 Å². The number of nitrogens with zero attached hydrogens (tertiary/aromatic N) is 3. The molecule has 0 aromatic carbocycles. The van der Waals surface area contributed by atoms with Crippen LogP contribution in [0.15, 0.2) is 34.5 Å². The molecule has 2 amide bonds. The predicted octanol–water partition coefficient (Wildman–Crippen LogP) is 3.05. The summed E-state index contributed by atoms with van der Waals surface area (Å²) in [5, 5.41) is 0. The Balaban J connectivity index is 1.20. The van der Waals surface area contributed by atoms with Crippen LogP contribution in [0.4, 0.5) is 0 Å². The SMILES string of the molecule is O=C1C[C@H](C(=O)N2CCCC3=C[C@H]4C[C@@H](CN5CCCC[C@H]45)[C@H]32)CN1Cc1ccco1. The Morgan fingerprint density at radius 1 is 1.16 bits per heavy atom. The fraction of sp³-hybridized carbons (Fsp3) is 0.680. The first-order valence-electron chi connectivity index (χ1n) is 12.2. The number of rotatable bonds is 3. The van der Waals surface area contributed by atoms with E-state index in [-0.39, 0.29) is 23.8 Å². The molecule has 5 heterocycles. The molecule has 6 nitrogen and oxygen atoms in total. The van der Waals surface area contributed by atoms with Gasteiger partial charge in [-0.15, -0.1) is 0 Å². The van der Waals surface area contributed by atoms with Gasteiger partial charge in [0.15, 0.2) is 0 Å². The Bertz CT molecular complexity index is 879. The Morgan fingerprint density at radius 3 is 2.97 bits per heavy atom. The first-order chi connectivity index (χ1) is 15.2. The van der Waals surface area contributed by atoms with Crippen LogP contribution in [-0.4, -0.2) is 64.8 Å². The van der Waals surface area contributed by atoms with Crippen molar-refractivity contribution in [3.8, 4) is 0 Å². The smallest absolute Gasteiger partial charge is 0.228 e. The second-order valence-corrected chi connectivity index (χ2v) is 10.3. The molecule has 5 atom stereocenters. The second kappa shape index (κ2) is 7.80. The molecule has 6 rings (SSSR count). The van der Waals surface area contributed by atoms with Crippen LogP contribution in [0, 0.1) is 17.8 Å². The standard InChI is InChI=1S/C25H33N3O3/c29-23-13-20(15-27(23)16-21-6-4-10-31-21)25(30)28-9-3-5-17-11-18-12-19(24(17)28)14-26-8-2-1-7-22(18)26/h4,6,10-11,18-20,22,24H,1-3,5,7-9,12-16H2/t18-,19-,20-,22+,24-/m0/s1. The first kappa shape index (κ1) is 19.6. The molecule has 1 aliphatic carbocycles. The number of likely N-dealkylation sites (tertiary alicyclic amines) is 2. The molecule has 0 unspecified atom stereocenters. The highest BCUT2D eigenvalue weighted by Gasteiger charge is 2.48. The lowest BCUT2D eigenvalue weighted by Crippen LogP contribution is -2.60. The lowest BCUT2D eigenvalue weighted by Gasteiger charge is -2.55. The summed E-state index contributed by atoms with van der Waals surface area (Å²) in [5.74, 6) is 2.06. The molecule has 4 saturated heterocycles. The number of carbonyl (C=O) groups is 2. The lowest BCUT2D eigenvalue weighted by atomic mass is 9.68. The quantitative estimate of drug-likeness (QED) is 0.702. The van der Waals surface area contributed by atoms with Crippen LogP contribution in [0.25, 0.3) is 0 Å². The Labute approximate surface area is 184 Å². The predicted molar refractivity (Wildman–Crippen MR) is 116 cm³/mol. The van der Waals surface area contributed by atoms with Gasteiger partial charge in [0.05, 0.1) is 24.8 Å². The van der Waals surface area contributed by atoms with Crippen molar-refractivity contribution >= 4 is 11.8 Å². The number of amides is 2. The number of furan rings is 1.